The maximum atomic E-state index is 13.6. The van der Waals surface area contributed by atoms with Gasteiger partial charge in [-0.25, -0.2) is 4.39 Å². The molecule has 1 saturated heterocycles. The van der Waals surface area contributed by atoms with Gasteiger partial charge in [0.1, 0.15) is 10.7 Å². The summed E-state index contributed by atoms with van der Waals surface area (Å²) in [4.78, 5) is 64.2. The minimum absolute atomic E-state index is 0.0597. The molecule has 12 nitrogen and oxygen atoms in total. The van der Waals surface area contributed by atoms with Gasteiger partial charge < -0.3 is 24.6 Å². The summed E-state index contributed by atoms with van der Waals surface area (Å²) >= 11 is 0. The normalized spacial score (nSPS) is 18.7. The van der Waals surface area contributed by atoms with Gasteiger partial charge in [0.15, 0.2) is 11.9 Å². The van der Waals surface area contributed by atoms with Gasteiger partial charge in [0, 0.05) is 24.7 Å². The lowest BCUT2D eigenvalue weighted by atomic mass is 9.82. The average Bonchev–Trinajstić information content (AvgIpc) is 3.56. The molecule has 0 spiro atoms. The molecule has 1 aliphatic carbocycles. The standard InChI is InChI=1S/C25H27FN4O8/c26-17-8-6-16(7-9-17)24(34)28-12-13-29(25(35)19-10-11-20(38-19)30(36)37)23(28)22(33)27-18(14-21(31)32)15-4-2-1-3-5-15/h6-11,15,18,23H,1-5,12-14H2,(H,27,33)(H,31,32). The molecule has 13 heteroatoms. The quantitative estimate of drug-likeness (QED) is 0.389. The fourth-order valence-corrected chi connectivity index (χ4v) is 5.09. The van der Waals surface area contributed by atoms with Crippen molar-refractivity contribution in [2.24, 2.45) is 5.92 Å². The van der Waals surface area contributed by atoms with E-state index in [2.05, 4.69) is 5.32 Å². The lowest BCUT2D eigenvalue weighted by molar-refractivity contribution is -0.402. The molecule has 1 aromatic heterocycles. The number of furan rings is 1. The zero-order chi connectivity index (χ0) is 27.4. The van der Waals surface area contributed by atoms with Gasteiger partial charge in [0.05, 0.1) is 12.5 Å². The Balaban J connectivity index is 1.64. The molecule has 0 bridgehead atoms. The number of hydrogen-bond acceptors (Lipinski definition) is 7. The Morgan fingerprint density at radius 2 is 1.66 bits per heavy atom. The van der Waals surface area contributed by atoms with Gasteiger partial charge in [-0.2, -0.15) is 0 Å². The predicted molar refractivity (Wildman–Crippen MR) is 128 cm³/mol. The van der Waals surface area contributed by atoms with Crippen molar-refractivity contribution in [3.05, 3.63) is 63.7 Å². The van der Waals surface area contributed by atoms with E-state index in [0.717, 1.165) is 66.2 Å². The number of nitrogens with zero attached hydrogens (tertiary/aromatic N) is 3. The maximum absolute atomic E-state index is 13.6. The largest absolute Gasteiger partial charge is 0.481 e. The molecule has 3 amide bonds. The number of carboxylic acids is 1. The number of carbonyl (C=O) groups excluding carboxylic acids is 3. The Bertz CT molecular complexity index is 1220. The number of nitrogens with one attached hydrogen (secondary N) is 1. The highest BCUT2D eigenvalue weighted by Gasteiger charge is 2.45. The highest BCUT2D eigenvalue weighted by atomic mass is 19.1. The Kier molecular flexibility index (Phi) is 8.03. The van der Waals surface area contributed by atoms with Crippen LogP contribution in [0.25, 0.3) is 0 Å². The van der Waals surface area contributed by atoms with Crippen LogP contribution in [-0.2, 0) is 9.59 Å². The molecule has 1 saturated carbocycles. The first-order chi connectivity index (χ1) is 18.2. The van der Waals surface area contributed by atoms with Crippen molar-refractivity contribution >= 4 is 29.6 Å². The first-order valence-electron chi connectivity index (χ1n) is 12.3. The van der Waals surface area contributed by atoms with Crippen LogP contribution in [0.15, 0.2) is 40.8 Å². The van der Waals surface area contributed by atoms with E-state index in [-0.39, 0.29) is 36.8 Å². The van der Waals surface area contributed by atoms with Gasteiger partial charge in [0.25, 0.3) is 17.7 Å². The minimum atomic E-state index is -1.48. The fourth-order valence-electron chi connectivity index (χ4n) is 5.09. The van der Waals surface area contributed by atoms with E-state index in [0.29, 0.717) is 0 Å². The summed E-state index contributed by atoms with van der Waals surface area (Å²) in [6, 6.07) is 6.08. The van der Waals surface area contributed by atoms with Crippen molar-refractivity contribution in [3.8, 4) is 0 Å². The fraction of sp³-hybridized carbons (Fsp3) is 0.440. The van der Waals surface area contributed by atoms with E-state index in [1.807, 2.05) is 0 Å². The molecule has 1 aliphatic heterocycles. The van der Waals surface area contributed by atoms with Gasteiger partial charge in [-0.05, 0) is 49.1 Å². The second-order valence-corrected chi connectivity index (χ2v) is 9.38. The molecule has 2 fully saturated rings. The molecule has 2 unspecified atom stereocenters. The van der Waals surface area contributed by atoms with E-state index in [1.54, 1.807) is 0 Å². The van der Waals surface area contributed by atoms with Crippen molar-refractivity contribution in [2.75, 3.05) is 13.1 Å². The van der Waals surface area contributed by atoms with Crippen molar-refractivity contribution in [1.29, 1.82) is 0 Å². The summed E-state index contributed by atoms with van der Waals surface area (Å²) in [5.74, 6) is -5.03. The SMILES string of the molecule is O=C(O)CC(NC(=O)C1N(C(=O)c2ccc(F)cc2)CCN1C(=O)c1ccc([N+](=O)[O-])o1)C1CCCCC1. The Morgan fingerprint density at radius 1 is 1.03 bits per heavy atom. The first kappa shape index (κ1) is 26.8. The van der Waals surface area contributed by atoms with Gasteiger partial charge in [0.2, 0.25) is 0 Å². The Labute approximate surface area is 216 Å². The summed E-state index contributed by atoms with van der Waals surface area (Å²) in [6.45, 7) is -0.152. The highest BCUT2D eigenvalue weighted by molar-refractivity contribution is 6.01. The summed E-state index contributed by atoms with van der Waals surface area (Å²) in [5.41, 5.74) is 0.0847. The number of carbonyl (C=O) groups is 4. The zero-order valence-corrected chi connectivity index (χ0v) is 20.4. The second kappa shape index (κ2) is 11.4. The molecule has 2 aromatic rings. The summed E-state index contributed by atoms with van der Waals surface area (Å²) in [5, 5.41) is 23.2. The molecule has 2 heterocycles. The number of halogens is 1. The van der Waals surface area contributed by atoms with Crippen LogP contribution in [0.5, 0.6) is 0 Å². The third kappa shape index (κ3) is 5.82. The lowest BCUT2D eigenvalue weighted by Gasteiger charge is -2.34. The van der Waals surface area contributed by atoms with Crippen LogP contribution in [0.3, 0.4) is 0 Å². The highest BCUT2D eigenvalue weighted by Crippen LogP contribution is 2.29. The van der Waals surface area contributed by atoms with Crippen molar-refractivity contribution < 1.29 is 38.0 Å². The lowest BCUT2D eigenvalue weighted by Crippen LogP contribution is -2.56. The molecule has 202 valence electrons. The number of aliphatic carboxylic acids is 1. The third-order valence-corrected chi connectivity index (χ3v) is 6.94. The second-order valence-electron chi connectivity index (χ2n) is 9.38. The molecule has 4 rings (SSSR count). The number of rotatable bonds is 8. The summed E-state index contributed by atoms with van der Waals surface area (Å²) in [6.07, 6.45) is 2.48. The maximum Gasteiger partial charge on any atom is 0.433 e. The van der Waals surface area contributed by atoms with Crippen molar-refractivity contribution in [1.82, 2.24) is 15.1 Å². The van der Waals surface area contributed by atoms with E-state index in [4.69, 9.17) is 4.42 Å². The van der Waals surface area contributed by atoms with E-state index >= 15 is 0 Å². The average molecular weight is 531 g/mol. The van der Waals surface area contributed by atoms with Gasteiger partial charge in [-0.1, -0.05) is 19.3 Å². The summed E-state index contributed by atoms with van der Waals surface area (Å²) < 4.78 is 18.4. The molecule has 0 radical (unpaired) electrons. The van der Waals surface area contributed by atoms with Gasteiger partial charge in [-0.3, -0.25) is 29.3 Å². The van der Waals surface area contributed by atoms with Crippen LogP contribution in [-0.4, -0.2) is 68.8 Å². The zero-order valence-electron chi connectivity index (χ0n) is 20.4. The molecule has 2 N–H and O–H groups in total. The number of hydrogen-bond donors (Lipinski definition) is 2. The molecular weight excluding hydrogens is 503 g/mol. The van der Waals surface area contributed by atoms with Crippen LogP contribution in [0.2, 0.25) is 0 Å². The third-order valence-electron chi connectivity index (χ3n) is 6.94. The van der Waals surface area contributed by atoms with E-state index in [1.165, 1.54) is 12.1 Å². The Morgan fingerprint density at radius 3 is 2.24 bits per heavy atom. The molecule has 38 heavy (non-hydrogen) atoms. The number of nitro groups is 1. The van der Waals surface area contributed by atoms with Crippen LogP contribution < -0.4 is 5.32 Å². The molecule has 2 aliphatic rings. The molecule has 1 aromatic carbocycles. The Hall–Kier alpha value is -4.29. The topological polar surface area (TPSA) is 163 Å². The predicted octanol–water partition coefficient (Wildman–Crippen LogP) is 2.79. The molecular formula is C25H27FN4O8. The first-order valence-corrected chi connectivity index (χ1v) is 12.3. The van der Waals surface area contributed by atoms with Gasteiger partial charge >= 0.3 is 11.9 Å². The smallest absolute Gasteiger partial charge is 0.433 e. The van der Waals surface area contributed by atoms with Crippen LogP contribution in [0, 0.1) is 21.8 Å². The van der Waals surface area contributed by atoms with Crippen LogP contribution in [0.1, 0.15) is 59.4 Å². The minimum Gasteiger partial charge on any atom is -0.481 e. The monoisotopic (exact) mass is 530 g/mol. The van der Waals surface area contributed by atoms with Crippen LogP contribution in [0.4, 0.5) is 10.3 Å². The van der Waals surface area contributed by atoms with E-state index in [9.17, 15) is 38.8 Å². The van der Waals surface area contributed by atoms with Crippen molar-refractivity contribution in [3.63, 3.8) is 0 Å². The van der Waals surface area contributed by atoms with Gasteiger partial charge in [-0.15, -0.1) is 0 Å². The number of amides is 3. The van der Waals surface area contributed by atoms with Crippen molar-refractivity contribution in [2.45, 2.75) is 50.7 Å². The molecule has 2 atom stereocenters. The van der Waals surface area contributed by atoms with Crippen LogP contribution >= 0.6 is 0 Å². The summed E-state index contributed by atoms with van der Waals surface area (Å²) in [7, 11) is 0. The van der Waals surface area contributed by atoms with E-state index < -0.39 is 52.5 Å². The number of carboxylic acid groups (broad SMARTS) is 1. The number of benzene rings is 1.